The fourth-order valence-electron chi connectivity index (χ4n) is 1.27. The van der Waals surface area contributed by atoms with Crippen molar-refractivity contribution < 1.29 is 0 Å². The minimum Gasteiger partial charge on any atom is -0.206 e. The number of allylic oxidation sites excluding steroid dienone is 2. The number of rotatable bonds is 0. The first-order valence-electron chi connectivity index (χ1n) is 3.94. The van der Waals surface area contributed by atoms with Crippen LogP contribution in [0.5, 0.6) is 0 Å². The lowest BCUT2D eigenvalue weighted by molar-refractivity contribution is 1.41. The Morgan fingerprint density at radius 2 is 2.25 bits per heavy atom. The van der Waals surface area contributed by atoms with Gasteiger partial charge in [0, 0.05) is 5.56 Å². The first kappa shape index (κ1) is 7.08. The van der Waals surface area contributed by atoms with Crippen molar-refractivity contribution in [3.05, 3.63) is 41.5 Å². The van der Waals surface area contributed by atoms with Gasteiger partial charge in [-0.05, 0) is 30.5 Å². The first-order chi connectivity index (χ1) is 5.88. The van der Waals surface area contributed by atoms with Crippen LogP contribution in [0.25, 0.3) is 6.08 Å². The second kappa shape index (κ2) is 2.80. The smallest absolute Gasteiger partial charge is 0.0804 e. The quantitative estimate of drug-likeness (QED) is 0.546. The second-order valence-corrected chi connectivity index (χ2v) is 2.77. The molecule has 0 unspecified atom stereocenters. The van der Waals surface area contributed by atoms with Crippen LogP contribution >= 0.6 is 0 Å². The Balaban J connectivity index is 2.72. The maximum Gasteiger partial charge on any atom is 0.0804 e. The SMILES string of the molecule is Cc1cccc2c1C=CC=C=N2. The van der Waals surface area contributed by atoms with Gasteiger partial charge in [0.05, 0.1) is 5.69 Å². The Kier molecular flexibility index (Phi) is 1.65. The summed E-state index contributed by atoms with van der Waals surface area (Å²) in [5, 5.41) is 0. The number of nitrogens with zero attached hydrogens (tertiary/aromatic N) is 1. The fraction of sp³-hybridized carbons (Fsp3) is 0.0909. The van der Waals surface area contributed by atoms with E-state index < -0.39 is 0 Å². The van der Waals surface area contributed by atoms with E-state index in [-0.39, 0.29) is 0 Å². The third-order valence-corrected chi connectivity index (χ3v) is 1.92. The summed E-state index contributed by atoms with van der Waals surface area (Å²) < 4.78 is 0. The van der Waals surface area contributed by atoms with Crippen LogP contribution in [0.15, 0.2) is 35.3 Å². The van der Waals surface area contributed by atoms with Gasteiger partial charge in [0.1, 0.15) is 0 Å². The van der Waals surface area contributed by atoms with Gasteiger partial charge in [-0.25, -0.2) is 4.99 Å². The molecule has 0 atom stereocenters. The standard InChI is InChI=1S/C11H9N/c1-9-5-4-7-11-10(9)6-2-3-8-12-11/h2-7H,1H3. The van der Waals surface area contributed by atoms with Gasteiger partial charge in [-0.15, -0.1) is 0 Å². The maximum atomic E-state index is 4.18. The predicted octanol–water partition coefficient (Wildman–Crippen LogP) is 2.88. The first-order valence-corrected chi connectivity index (χ1v) is 3.94. The van der Waals surface area contributed by atoms with E-state index in [0.29, 0.717) is 0 Å². The van der Waals surface area contributed by atoms with Crippen molar-refractivity contribution >= 4 is 17.6 Å². The van der Waals surface area contributed by atoms with Gasteiger partial charge in [-0.1, -0.05) is 24.3 Å². The lowest BCUT2D eigenvalue weighted by Gasteiger charge is -2.01. The molecule has 0 amide bonds. The highest BCUT2D eigenvalue weighted by atomic mass is 14.7. The molecule has 1 aromatic carbocycles. The molecule has 1 aromatic rings. The lowest BCUT2D eigenvalue weighted by Crippen LogP contribution is -1.79. The van der Waals surface area contributed by atoms with Crippen LogP contribution in [0.3, 0.4) is 0 Å². The molecule has 0 bridgehead atoms. The van der Waals surface area contributed by atoms with Gasteiger partial charge in [0.2, 0.25) is 0 Å². The molecule has 0 radical (unpaired) electrons. The van der Waals surface area contributed by atoms with Gasteiger partial charge in [0.25, 0.3) is 0 Å². The second-order valence-electron chi connectivity index (χ2n) is 2.77. The molecule has 1 aliphatic heterocycles. The molecule has 0 aliphatic carbocycles. The number of benzene rings is 1. The van der Waals surface area contributed by atoms with Crippen molar-refractivity contribution in [3.63, 3.8) is 0 Å². The summed E-state index contributed by atoms with van der Waals surface area (Å²) in [5.41, 5.74) is 3.45. The fourth-order valence-corrected chi connectivity index (χ4v) is 1.27. The molecular weight excluding hydrogens is 146 g/mol. The van der Waals surface area contributed by atoms with Gasteiger partial charge in [-0.3, -0.25) is 0 Å². The highest BCUT2D eigenvalue weighted by molar-refractivity contribution is 5.75. The zero-order valence-electron chi connectivity index (χ0n) is 6.91. The van der Waals surface area contributed by atoms with Crippen molar-refractivity contribution in [1.82, 2.24) is 0 Å². The van der Waals surface area contributed by atoms with Crippen molar-refractivity contribution in [3.8, 4) is 0 Å². The van der Waals surface area contributed by atoms with Crippen molar-refractivity contribution in [1.29, 1.82) is 0 Å². The molecule has 0 saturated heterocycles. The number of hydrogen-bond donors (Lipinski definition) is 0. The van der Waals surface area contributed by atoms with E-state index in [1.54, 1.807) is 0 Å². The molecule has 0 aromatic heterocycles. The van der Waals surface area contributed by atoms with E-state index in [9.17, 15) is 0 Å². The van der Waals surface area contributed by atoms with Crippen LogP contribution in [-0.2, 0) is 0 Å². The summed E-state index contributed by atoms with van der Waals surface area (Å²) in [6.45, 7) is 2.09. The summed E-state index contributed by atoms with van der Waals surface area (Å²) in [7, 11) is 0. The van der Waals surface area contributed by atoms with Gasteiger partial charge >= 0.3 is 0 Å². The van der Waals surface area contributed by atoms with Crippen LogP contribution in [0.4, 0.5) is 5.69 Å². The van der Waals surface area contributed by atoms with Gasteiger partial charge < -0.3 is 0 Å². The molecule has 1 heterocycles. The zero-order chi connectivity index (χ0) is 8.39. The molecule has 2 rings (SSSR count). The lowest BCUT2D eigenvalue weighted by atomic mass is 10.1. The molecule has 0 saturated carbocycles. The van der Waals surface area contributed by atoms with Crippen LogP contribution in [0, 0.1) is 6.92 Å². The summed E-state index contributed by atoms with van der Waals surface area (Å²) >= 11 is 0. The van der Waals surface area contributed by atoms with Gasteiger partial charge in [0.15, 0.2) is 0 Å². The molecule has 1 heteroatoms. The van der Waals surface area contributed by atoms with Crippen LogP contribution in [0.2, 0.25) is 0 Å². The average Bonchev–Trinajstić information content (AvgIpc) is 2.30. The van der Waals surface area contributed by atoms with Crippen LogP contribution in [0.1, 0.15) is 11.1 Å². The topological polar surface area (TPSA) is 12.4 Å². The van der Waals surface area contributed by atoms with Crippen molar-refractivity contribution in [2.24, 2.45) is 4.99 Å². The molecule has 0 N–H and O–H groups in total. The minimum atomic E-state index is 1.00. The van der Waals surface area contributed by atoms with E-state index >= 15 is 0 Å². The van der Waals surface area contributed by atoms with E-state index in [4.69, 9.17) is 0 Å². The Labute approximate surface area is 71.8 Å². The average molecular weight is 155 g/mol. The molecule has 12 heavy (non-hydrogen) atoms. The summed E-state index contributed by atoms with van der Waals surface area (Å²) in [6.07, 6.45) is 5.84. The van der Waals surface area contributed by atoms with E-state index in [2.05, 4.69) is 29.9 Å². The summed E-state index contributed by atoms with van der Waals surface area (Å²) in [5.74, 6) is 2.84. The monoisotopic (exact) mass is 155 g/mol. The molecule has 1 nitrogen and oxygen atoms in total. The maximum absolute atomic E-state index is 4.18. The number of aliphatic imine (C=N–C) groups is 1. The summed E-state index contributed by atoms with van der Waals surface area (Å²) in [4.78, 5) is 4.18. The van der Waals surface area contributed by atoms with Crippen molar-refractivity contribution in [2.75, 3.05) is 0 Å². The highest BCUT2D eigenvalue weighted by Crippen LogP contribution is 2.24. The minimum absolute atomic E-state index is 1.00. The van der Waals surface area contributed by atoms with E-state index in [1.807, 2.05) is 24.3 Å². The van der Waals surface area contributed by atoms with Gasteiger partial charge in [-0.2, -0.15) is 0 Å². The molecule has 58 valence electrons. The Hall–Kier alpha value is -1.59. The number of hydrogen-bond acceptors (Lipinski definition) is 1. The largest absolute Gasteiger partial charge is 0.206 e. The Morgan fingerprint density at radius 3 is 3.17 bits per heavy atom. The molecule has 0 fully saturated rings. The summed E-state index contributed by atoms with van der Waals surface area (Å²) in [6, 6.07) is 6.10. The van der Waals surface area contributed by atoms with E-state index in [0.717, 1.165) is 5.69 Å². The normalized spacial score (nSPS) is 12.8. The Bertz CT molecular complexity index is 393. The Morgan fingerprint density at radius 1 is 1.33 bits per heavy atom. The highest BCUT2D eigenvalue weighted by Gasteiger charge is 2.00. The van der Waals surface area contributed by atoms with Crippen LogP contribution < -0.4 is 0 Å². The molecular formula is C11H9N. The third-order valence-electron chi connectivity index (χ3n) is 1.92. The predicted molar refractivity (Wildman–Crippen MR) is 51.9 cm³/mol. The molecule has 1 aliphatic rings. The van der Waals surface area contributed by atoms with Crippen molar-refractivity contribution in [2.45, 2.75) is 6.92 Å². The third kappa shape index (κ3) is 1.11. The number of aryl methyl sites for hydroxylation is 1. The zero-order valence-corrected chi connectivity index (χ0v) is 6.91. The van der Waals surface area contributed by atoms with Crippen LogP contribution in [-0.4, -0.2) is 5.87 Å². The number of fused-ring (bicyclic) bond motifs is 1. The van der Waals surface area contributed by atoms with E-state index in [1.165, 1.54) is 11.1 Å². The molecule has 0 spiro atoms.